The second kappa shape index (κ2) is 7.83. The average molecular weight is 339 g/mol. The van der Waals surface area contributed by atoms with Crippen LogP contribution in [0.3, 0.4) is 0 Å². The Hall–Kier alpha value is -2.82. The lowest BCUT2D eigenvalue weighted by Crippen LogP contribution is -2.41. The first-order valence-corrected chi connectivity index (χ1v) is 8.26. The summed E-state index contributed by atoms with van der Waals surface area (Å²) in [7, 11) is 0. The van der Waals surface area contributed by atoms with Crippen LogP contribution in [0.4, 0.5) is 10.5 Å². The zero-order chi connectivity index (χ0) is 18.4. The molecule has 0 aliphatic rings. The fraction of sp³-hybridized carbons (Fsp3) is 0.300. The van der Waals surface area contributed by atoms with Crippen molar-refractivity contribution in [3.05, 3.63) is 65.2 Å². The van der Waals surface area contributed by atoms with E-state index >= 15 is 0 Å². The molecule has 3 N–H and O–H groups in total. The van der Waals surface area contributed by atoms with E-state index in [1.165, 1.54) is 5.56 Å². The Labute approximate surface area is 148 Å². The predicted octanol–water partition coefficient (Wildman–Crippen LogP) is 3.85. The van der Waals surface area contributed by atoms with Gasteiger partial charge in [-0.2, -0.15) is 0 Å². The Morgan fingerprint density at radius 2 is 1.60 bits per heavy atom. The second-order valence-electron chi connectivity index (χ2n) is 7.04. The summed E-state index contributed by atoms with van der Waals surface area (Å²) < 4.78 is 0. The molecule has 0 aliphatic carbocycles. The molecule has 5 heteroatoms. The van der Waals surface area contributed by atoms with E-state index in [0.717, 1.165) is 5.56 Å². The van der Waals surface area contributed by atoms with E-state index in [4.69, 9.17) is 0 Å². The maximum absolute atomic E-state index is 12.4. The van der Waals surface area contributed by atoms with Gasteiger partial charge in [0.25, 0.3) is 5.91 Å². The third kappa shape index (κ3) is 5.95. The number of anilines is 1. The summed E-state index contributed by atoms with van der Waals surface area (Å²) >= 11 is 0. The summed E-state index contributed by atoms with van der Waals surface area (Å²) in [4.78, 5) is 24.5. The van der Waals surface area contributed by atoms with Gasteiger partial charge in [-0.3, -0.25) is 4.79 Å². The summed E-state index contributed by atoms with van der Waals surface area (Å²) in [5.41, 5.74) is 2.75. The van der Waals surface area contributed by atoms with Crippen molar-refractivity contribution in [3.63, 3.8) is 0 Å². The van der Waals surface area contributed by atoms with Gasteiger partial charge in [0.05, 0.1) is 11.3 Å². The van der Waals surface area contributed by atoms with Crippen LogP contribution in [-0.2, 0) is 6.54 Å². The number of nitrogens with one attached hydrogen (secondary N) is 3. The Balaban J connectivity index is 2.00. The van der Waals surface area contributed by atoms with Gasteiger partial charge in [-0.15, -0.1) is 0 Å². The number of carbonyl (C=O) groups excluding carboxylic acids is 2. The van der Waals surface area contributed by atoms with Crippen LogP contribution in [0, 0.1) is 6.92 Å². The number of rotatable bonds is 4. The molecule has 132 valence electrons. The summed E-state index contributed by atoms with van der Waals surface area (Å²) in [6.07, 6.45) is 0. The lowest BCUT2D eigenvalue weighted by molar-refractivity contribution is 0.0920. The number of amides is 3. The van der Waals surface area contributed by atoms with Crippen LogP contribution < -0.4 is 16.0 Å². The third-order valence-corrected chi connectivity index (χ3v) is 3.48. The van der Waals surface area contributed by atoms with Crippen LogP contribution in [0.25, 0.3) is 0 Å². The van der Waals surface area contributed by atoms with Gasteiger partial charge in [-0.1, -0.05) is 42.0 Å². The van der Waals surface area contributed by atoms with Crippen molar-refractivity contribution < 1.29 is 9.59 Å². The Bertz CT molecular complexity index is 746. The van der Waals surface area contributed by atoms with E-state index in [1.54, 1.807) is 24.3 Å². The number of para-hydroxylation sites is 1. The number of benzene rings is 2. The van der Waals surface area contributed by atoms with Gasteiger partial charge in [0.15, 0.2) is 0 Å². The standard InChI is InChI=1S/C20H25N3O2/c1-14-9-11-15(12-10-14)13-21-19(25)22-17-8-6-5-7-16(17)18(24)23-20(2,3)4/h5-12H,13H2,1-4H3,(H,23,24)(H2,21,22,25). The minimum Gasteiger partial charge on any atom is -0.347 e. The van der Waals surface area contributed by atoms with Crippen molar-refractivity contribution in [2.24, 2.45) is 0 Å². The molecule has 0 radical (unpaired) electrons. The average Bonchev–Trinajstić information content (AvgIpc) is 2.53. The number of urea groups is 1. The largest absolute Gasteiger partial charge is 0.347 e. The van der Waals surface area contributed by atoms with Gasteiger partial charge in [-0.25, -0.2) is 4.79 Å². The molecule has 3 amide bonds. The molecule has 2 aromatic rings. The topological polar surface area (TPSA) is 70.2 Å². The monoisotopic (exact) mass is 339 g/mol. The molecule has 5 nitrogen and oxygen atoms in total. The van der Waals surface area contributed by atoms with Crippen molar-refractivity contribution in [2.45, 2.75) is 39.8 Å². The van der Waals surface area contributed by atoms with Crippen molar-refractivity contribution in [2.75, 3.05) is 5.32 Å². The van der Waals surface area contributed by atoms with Crippen molar-refractivity contribution in [3.8, 4) is 0 Å². The number of hydrogen-bond acceptors (Lipinski definition) is 2. The van der Waals surface area contributed by atoms with E-state index in [1.807, 2.05) is 52.0 Å². The van der Waals surface area contributed by atoms with Crippen LogP contribution in [0.1, 0.15) is 42.3 Å². The van der Waals surface area contributed by atoms with E-state index in [0.29, 0.717) is 17.8 Å². The highest BCUT2D eigenvalue weighted by molar-refractivity contribution is 6.03. The maximum Gasteiger partial charge on any atom is 0.319 e. The molecule has 0 aromatic heterocycles. The molecular weight excluding hydrogens is 314 g/mol. The molecule has 0 saturated heterocycles. The van der Waals surface area contributed by atoms with Gasteiger partial charge in [-0.05, 0) is 45.4 Å². The van der Waals surface area contributed by atoms with Crippen LogP contribution in [-0.4, -0.2) is 17.5 Å². The maximum atomic E-state index is 12.4. The second-order valence-corrected chi connectivity index (χ2v) is 7.04. The number of aryl methyl sites for hydroxylation is 1. The van der Waals surface area contributed by atoms with Gasteiger partial charge in [0.2, 0.25) is 0 Å². The molecule has 0 atom stereocenters. The zero-order valence-corrected chi connectivity index (χ0v) is 15.1. The molecular formula is C20H25N3O2. The quantitative estimate of drug-likeness (QED) is 0.792. The molecule has 2 aromatic carbocycles. The van der Waals surface area contributed by atoms with Crippen LogP contribution >= 0.6 is 0 Å². The predicted molar refractivity (Wildman–Crippen MR) is 101 cm³/mol. The molecule has 0 spiro atoms. The minimum atomic E-state index is -0.350. The minimum absolute atomic E-state index is 0.220. The van der Waals surface area contributed by atoms with E-state index in [9.17, 15) is 9.59 Å². The molecule has 25 heavy (non-hydrogen) atoms. The molecule has 0 heterocycles. The summed E-state index contributed by atoms with van der Waals surface area (Å²) in [6.45, 7) is 8.17. The number of hydrogen-bond donors (Lipinski definition) is 3. The van der Waals surface area contributed by atoms with E-state index in [2.05, 4.69) is 16.0 Å². The lowest BCUT2D eigenvalue weighted by atomic mass is 10.1. The molecule has 0 unspecified atom stereocenters. The van der Waals surface area contributed by atoms with Gasteiger partial charge in [0, 0.05) is 12.1 Å². The zero-order valence-electron chi connectivity index (χ0n) is 15.1. The van der Waals surface area contributed by atoms with Gasteiger partial charge < -0.3 is 16.0 Å². The van der Waals surface area contributed by atoms with Gasteiger partial charge >= 0.3 is 6.03 Å². The van der Waals surface area contributed by atoms with Crippen molar-refractivity contribution in [1.29, 1.82) is 0 Å². The normalized spacial score (nSPS) is 10.9. The molecule has 0 aliphatic heterocycles. The lowest BCUT2D eigenvalue weighted by Gasteiger charge is -2.21. The smallest absolute Gasteiger partial charge is 0.319 e. The fourth-order valence-corrected chi connectivity index (χ4v) is 2.25. The molecule has 2 rings (SSSR count). The first-order valence-electron chi connectivity index (χ1n) is 8.26. The Kier molecular flexibility index (Phi) is 5.80. The van der Waals surface area contributed by atoms with Crippen LogP contribution in [0.5, 0.6) is 0 Å². The highest BCUT2D eigenvalue weighted by atomic mass is 16.2. The van der Waals surface area contributed by atoms with Gasteiger partial charge in [0.1, 0.15) is 0 Å². The molecule has 0 fully saturated rings. The highest BCUT2D eigenvalue weighted by Crippen LogP contribution is 2.16. The Morgan fingerprint density at radius 3 is 2.24 bits per heavy atom. The number of carbonyl (C=O) groups is 2. The third-order valence-electron chi connectivity index (χ3n) is 3.48. The Morgan fingerprint density at radius 1 is 0.960 bits per heavy atom. The van der Waals surface area contributed by atoms with Crippen LogP contribution in [0.15, 0.2) is 48.5 Å². The summed E-state index contributed by atoms with van der Waals surface area (Å²) in [5, 5.41) is 8.45. The van der Waals surface area contributed by atoms with Crippen molar-refractivity contribution in [1.82, 2.24) is 10.6 Å². The van der Waals surface area contributed by atoms with E-state index in [-0.39, 0.29) is 17.5 Å². The van der Waals surface area contributed by atoms with Crippen LogP contribution in [0.2, 0.25) is 0 Å². The molecule has 0 saturated carbocycles. The summed E-state index contributed by atoms with van der Waals surface area (Å²) in [5.74, 6) is -0.220. The summed E-state index contributed by atoms with van der Waals surface area (Å²) in [6, 6.07) is 14.6. The molecule has 0 bridgehead atoms. The van der Waals surface area contributed by atoms with Crippen molar-refractivity contribution >= 4 is 17.6 Å². The highest BCUT2D eigenvalue weighted by Gasteiger charge is 2.18. The SMILES string of the molecule is Cc1ccc(CNC(=O)Nc2ccccc2C(=O)NC(C)(C)C)cc1. The van der Waals surface area contributed by atoms with E-state index < -0.39 is 0 Å². The first kappa shape index (κ1) is 18.5. The first-order chi connectivity index (χ1) is 11.7. The fourth-order valence-electron chi connectivity index (χ4n) is 2.25.